The van der Waals surface area contributed by atoms with Gasteiger partial charge in [-0.05, 0) is 48.0 Å². The molecule has 0 atom stereocenters. The summed E-state index contributed by atoms with van der Waals surface area (Å²) < 4.78 is 28.4. The van der Waals surface area contributed by atoms with Crippen molar-refractivity contribution >= 4 is 33.8 Å². The van der Waals surface area contributed by atoms with E-state index in [0.717, 1.165) is 26.9 Å². The fourth-order valence-electron chi connectivity index (χ4n) is 3.77. The number of esters is 1. The third-order valence-electron chi connectivity index (χ3n) is 5.42. The summed E-state index contributed by atoms with van der Waals surface area (Å²) >= 11 is 3.51. The summed E-state index contributed by atoms with van der Waals surface area (Å²) in [5.41, 5.74) is 3.46. The van der Waals surface area contributed by atoms with E-state index in [1.807, 2.05) is 12.1 Å². The number of ketones is 1. The maximum Gasteiger partial charge on any atom is 0.337 e. The van der Waals surface area contributed by atoms with Crippen molar-refractivity contribution in [1.29, 1.82) is 0 Å². The van der Waals surface area contributed by atoms with E-state index in [1.54, 1.807) is 48.5 Å². The Morgan fingerprint density at radius 2 is 1.94 bits per heavy atom. The summed E-state index contributed by atoms with van der Waals surface area (Å²) in [6.07, 6.45) is 1.64. The Bertz CT molecular complexity index is 1310. The maximum absolute atomic E-state index is 12.8. The molecular formula is C26H19BrO7. The van der Waals surface area contributed by atoms with Crippen LogP contribution in [0.15, 0.2) is 64.8 Å². The van der Waals surface area contributed by atoms with Crippen molar-refractivity contribution in [2.75, 3.05) is 13.9 Å². The van der Waals surface area contributed by atoms with Crippen LogP contribution in [0.25, 0.3) is 6.08 Å². The van der Waals surface area contributed by atoms with Crippen molar-refractivity contribution in [3.8, 4) is 17.2 Å². The molecular weight excluding hydrogens is 504 g/mol. The van der Waals surface area contributed by atoms with Gasteiger partial charge in [0.1, 0.15) is 23.9 Å². The lowest BCUT2D eigenvalue weighted by Gasteiger charge is -2.21. The average molecular weight is 523 g/mol. The van der Waals surface area contributed by atoms with Gasteiger partial charge in [0, 0.05) is 21.7 Å². The molecule has 34 heavy (non-hydrogen) atoms. The third kappa shape index (κ3) is 4.42. The van der Waals surface area contributed by atoms with Gasteiger partial charge < -0.3 is 23.7 Å². The molecule has 172 valence electrons. The van der Waals surface area contributed by atoms with E-state index in [0.29, 0.717) is 29.2 Å². The molecule has 0 saturated carbocycles. The number of benzene rings is 3. The fourth-order valence-corrected chi connectivity index (χ4v) is 4.32. The first-order chi connectivity index (χ1) is 16.5. The van der Waals surface area contributed by atoms with Gasteiger partial charge in [0.15, 0.2) is 12.6 Å². The van der Waals surface area contributed by atoms with Crippen LogP contribution in [-0.2, 0) is 22.7 Å². The molecule has 0 N–H and O–H groups in total. The SMILES string of the molecule is COC(=O)c1ccc(/C=C2\Oc3cc(OCc4cc(Br)cc5c4OCOC5)ccc3C2=O)cc1. The van der Waals surface area contributed by atoms with Gasteiger partial charge in [-0.25, -0.2) is 4.79 Å². The molecule has 2 aliphatic rings. The number of hydrogen-bond donors (Lipinski definition) is 0. The predicted octanol–water partition coefficient (Wildman–Crippen LogP) is 5.30. The highest BCUT2D eigenvalue weighted by atomic mass is 79.9. The topological polar surface area (TPSA) is 80.3 Å². The van der Waals surface area contributed by atoms with Crippen LogP contribution in [0.4, 0.5) is 0 Å². The number of fused-ring (bicyclic) bond motifs is 2. The zero-order valence-electron chi connectivity index (χ0n) is 18.1. The second-order valence-electron chi connectivity index (χ2n) is 7.66. The van der Waals surface area contributed by atoms with Crippen LogP contribution in [0.1, 0.15) is 37.4 Å². The number of halogens is 1. The van der Waals surface area contributed by atoms with E-state index >= 15 is 0 Å². The summed E-state index contributed by atoms with van der Waals surface area (Å²) in [4.78, 5) is 24.4. The largest absolute Gasteiger partial charge is 0.489 e. The van der Waals surface area contributed by atoms with Gasteiger partial charge in [-0.3, -0.25) is 4.79 Å². The van der Waals surface area contributed by atoms with Crippen molar-refractivity contribution in [3.05, 3.63) is 92.6 Å². The average Bonchev–Trinajstić information content (AvgIpc) is 3.16. The Hall–Kier alpha value is -3.62. The molecule has 0 aliphatic carbocycles. The Labute approximate surface area is 204 Å². The Morgan fingerprint density at radius 1 is 1.12 bits per heavy atom. The molecule has 0 amide bonds. The standard InChI is InChI=1S/C26H19BrO7/c1-30-26(29)16-4-2-15(3-5-16)8-23-24(28)21-7-6-20(11-22(21)34-23)32-13-18-10-19(27)9-17-12-31-14-33-25(17)18/h2-11H,12-14H2,1H3/b23-8-. The molecule has 0 unspecified atom stereocenters. The first-order valence-corrected chi connectivity index (χ1v) is 11.2. The minimum atomic E-state index is -0.421. The fraction of sp³-hybridized carbons (Fsp3) is 0.154. The molecule has 0 bridgehead atoms. The molecule has 2 heterocycles. The predicted molar refractivity (Wildman–Crippen MR) is 126 cm³/mol. The molecule has 0 fully saturated rings. The summed E-state index contributed by atoms with van der Waals surface area (Å²) in [5.74, 6) is 1.33. The highest BCUT2D eigenvalue weighted by Gasteiger charge is 2.28. The maximum atomic E-state index is 12.8. The second-order valence-corrected chi connectivity index (χ2v) is 8.58. The van der Waals surface area contributed by atoms with Crippen molar-refractivity contribution < 1.29 is 33.3 Å². The first-order valence-electron chi connectivity index (χ1n) is 10.4. The quantitative estimate of drug-likeness (QED) is 0.332. The van der Waals surface area contributed by atoms with Gasteiger partial charge in [0.05, 0.1) is 24.8 Å². The van der Waals surface area contributed by atoms with Crippen LogP contribution in [0.2, 0.25) is 0 Å². The number of methoxy groups -OCH3 is 1. The van der Waals surface area contributed by atoms with Crippen LogP contribution >= 0.6 is 15.9 Å². The van der Waals surface area contributed by atoms with Gasteiger partial charge in [0.25, 0.3) is 0 Å². The number of rotatable bonds is 5. The van der Waals surface area contributed by atoms with E-state index in [9.17, 15) is 9.59 Å². The minimum absolute atomic E-state index is 0.201. The minimum Gasteiger partial charge on any atom is -0.489 e. The van der Waals surface area contributed by atoms with E-state index in [2.05, 4.69) is 15.9 Å². The number of Topliss-reactive ketones (excluding diaryl/α,β-unsaturated/α-hetero) is 1. The Balaban J connectivity index is 1.31. The van der Waals surface area contributed by atoms with Crippen molar-refractivity contribution in [2.45, 2.75) is 13.2 Å². The van der Waals surface area contributed by atoms with Crippen molar-refractivity contribution in [1.82, 2.24) is 0 Å². The summed E-state index contributed by atoms with van der Waals surface area (Å²) in [7, 11) is 1.33. The summed E-state index contributed by atoms with van der Waals surface area (Å²) in [6.45, 7) is 0.970. The zero-order valence-corrected chi connectivity index (χ0v) is 19.7. The van der Waals surface area contributed by atoms with Gasteiger partial charge in [-0.15, -0.1) is 0 Å². The Morgan fingerprint density at radius 3 is 2.74 bits per heavy atom. The summed E-state index contributed by atoms with van der Waals surface area (Å²) in [6, 6.07) is 15.7. The van der Waals surface area contributed by atoms with Crippen LogP contribution in [0.3, 0.4) is 0 Å². The number of allylic oxidation sites excluding steroid dienone is 1. The van der Waals surface area contributed by atoms with Crippen LogP contribution in [0, 0.1) is 0 Å². The van der Waals surface area contributed by atoms with Gasteiger partial charge in [0.2, 0.25) is 5.78 Å². The molecule has 7 nitrogen and oxygen atoms in total. The lowest BCUT2D eigenvalue weighted by atomic mass is 10.1. The van der Waals surface area contributed by atoms with E-state index in [4.69, 9.17) is 23.7 Å². The van der Waals surface area contributed by atoms with Gasteiger partial charge in [-0.1, -0.05) is 28.1 Å². The molecule has 8 heteroatoms. The number of ether oxygens (including phenoxy) is 5. The third-order valence-corrected chi connectivity index (χ3v) is 5.87. The lowest BCUT2D eigenvalue weighted by molar-refractivity contribution is -0.0176. The van der Waals surface area contributed by atoms with E-state index < -0.39 is 5.97 Å². The van der Waals surface area contributed by atoms with Gasteiger partial charge in [-0.2, -0.15) is 0 Å². The highest BCUT2D eigenvalue weighted by Crippen LogP contribution is 2.36. The highest BCUT2D eigenvalue weighted by molar-refractivity contribution is 9.10. The van der Waals surface area contributed by atoms with Crippen LogP contribution < -0.4 is 14.2 Å². The first kappa shape index (κ1) is 22.2. The van der Waals surface area contributed by atoms with Crippen molar-refractivity contribution in [3.63, 3.8) is 0 Å². The summed E-state index contributed by atoms with van der Waals surface area (Å²) in [5, 5.41) is 0. The molecule has 3 aromatic carbocycles. The van der Waals surface area contributed by atoms with Crippen molar-refractivity contribution in [2.24, 2.45) is 0 Å². The smallest absolute Gasteiger partial charge is 0.337 e. The van der Waals surface area contributed by atoms with Crippen LogP contribution in [0.5, 0.6) is 17.2 Å². The number of carbonyl (C=O) groups excluding carboxylic acids is 2. The molecule has 3 aromatic rings. The number of hydrogen-bond acceptors (Lipinski definition) is 7. The van der Waals surface area contributed by atoms with Crippen LogP contribution in [-0.4, -0.2) is 25.7 Å². The number of carbonyl (C=O) groups is 2. The van der Waals surface area contributed by atoms with E-state index in [-0.39, 0.29) is 24.9 Å². The lowest BCUT2D eigenvalue weighted by Crippen LogP contribution is -2.14. The second kappa shape index (κ2) is 9.32. The van der Waals surface area contributed by atoms with Gasteiger partial charge >= 0.3 is 5.97 Å². The molecule has 0 radical (unpaired) electrons. The normalized spacial score (nSPS) is 15.2. The zero-order chi connectivity index (χ0) is 23.7. The molecule has 5 rings (SSSR count). The monoisotopic (exact) mass is 522 g/mol. The Kier molecular flexibility index (Phi) is 6.08. The van der Waals surface area contributed by atoms with E-state index in [1.165, 1.54) is 7.11 Å². The molecule has 0 saturated heterocycles. The molecule has 2 aliphatic heterocycles. The molecule has 0 spiro atoms. The molecule has 0 aromatic heterocycles.